The molecule has 0 unspecified atom stereocenters. The second kappa shape index (κ2) is 40.9. The predicted octanol–water partition coefficient (Wildman–Crippen LogP) is 5.71. The van der Waals surface area contributed by atoms with Gasteiger partial charge in [-0.3, -0.25) is 28.8 Å². The number of carboxylic acids is 2. The lowest BCUT2D eigenvalue weighted by atomic mass is 10.0. The van der Waals surface area contributed by atoms with Crippen LogP contribution in [0.5, 0.6) is 0 Å². The molecule has 0 aromatic heterocycles. The Morgan fingerprint density at radius 3 is 1.55 bits per heavy atom. The van der Waals surface area contributed by atoms with Gasteiger partial charge in [-0.2, -0.15) is 0 Å². The summed E-state index contributed by atoms with van der Waals surface area (Å²) in [6, 6.07) is -1.13. The number of ether oxygens (including phenoxy) is 4. The standard InChI is InChI=1S/C44H79N3O13/c1-36(37(2)48)20-17-18-26-45-42(52)35-60-33-30-57-28-19-21-38(49)34-59-32-31-58-29-27-46-40(50)25-24-39(44(55)56)47-41(51)22-15-13-11-9-7-5-3-4-6-8-10-12-14-16-23-43(53)54/h36,39H,3-35H2,1-2H3,(H,45,52)(H,46,50)(H,47,51)(H,53,54)(H,55,56)/t36-,39-/m0/s1. The lowest BCUT2D eigenvalue weighted by molar-refractivity contribution is -0.142. The number of hydrogen-bond acceptors (Lipinski definition) is 11. The van der Waals surface area contributed by atoms with Crippen LogP contribution >= 0.6 is 0 Å². The minimum absolute atomic E-state index is 0.0186. The van der Waals surface area contributed by atoms with Gasteiger partial charge >= 0.3 is 11.9 Å². The van der Waals surface area contributed by atoms with Crippen molar-refractivity contribution in [1.29, 1.82) is 0 Å². The zero-order valence-corrected chi connectivity index (χ0v) is 36.9. The molecule has 3 amide bonds. The molecule has 348 valence electrons. The highest BCUT2D eigenvalue weighted by Gasteiger charge is 2.21. The van der Waals surface area contributed by atoms with Gasteiger partial charge in [0.05, 0.1) is 33.0 Å². The van der Waals surface area contributed by atoms with Crippen LogP contribution in [0.25, 0.3) is 0 Å². The van der Waals surface area contributed by atoms with Gasteiger partial charge in [0.2, 0.25) is 17.7 Å². The van der Waals surface area contributed by atoms with Crippen molar-refractivity contribution in [3.05, 3.63) is 0 Å². The lowest BCUT2D eigenvalue weighted by Crippen LogP contribution is -2.41. The van der Waals surface area contributed by atoms with Crippen LogP contribution in [0.2, 0.25) is 0 Å². The van der Waals surface area contributed by atoms with Crippen LogP contribution in [0.3, 0.4) is 0 Å². The fraction of sp³-hybridized carbons (Fsp3) is 0.841. The van der Waals surface area contributed by atoms with Gasteiger partial charge in [0.15, 0.2) is 5.78 Å². The molecule has 60 heavy (non-hydrogen) atoms. The number of carboxylic acid groups (broad SMARTS) is 2. The Balaban J connectivity index is 3.65. The van der Waals surface area contributed by atoms with E-state index in [2.05, 4.69) is 16.0 Å². The summed E-state index contributed by atoms with van der Waals surface area (Å²) in [7, 11) is 0. The second-order valence-electron chi connectivity index (χ2n) is 15.5. The van der Waals surface area contributed by atoms with Gasteiger partial charge in [0, 0.05) is 51.3 Å². The summed E-state index contributed by atoms with van der Waals surface area (Å²) in [4.78, 5) is 81.7. The van der Waals surface area contributed by atoms with Crippen molar-refractivity contribution in [2.45, 2.75) is 168 Å². The Kier molecular flexibility index (Phi) is 38.5. The molecule has 0 fully saturated rings. The summed E-state index contributed by atoms with van der Waals surface area (Å²) in [6.07, 6.45) is 18.9. The summed E-state index contributed by atoms with van der Waals surface area (Å²) in [5.74, 6) is -2.58. The zero-order valence-electron chi connectivity index (χ0n) is 36.9. The van der Waals surface area contributed by atoms with E-state index in [1.54, 1.807) is 6.92 Å². The second-order valence-corrected chi connectivity index (χ2v) is 15.5. The first-order valence-electron chi connectivity index (χ1n) is 22.5. The number of carbonyl (C=O) groups is 7. The number of rotatable bonds is 45. The lowest BCUT2D eigenvalue weighted by Gasteiger charge is -2.14. The smallest absolute Gasteiger partial charge is 0.326 e. The van der Waals surface area contributed by atoms with Gasteiger partial charge in [-0.05, 0) is 45.4 Å². The molecule has 0 radical (unpaired) electrons. The Hall–Kier alpha value is -3.47. The molecule has 0 aliphatic rings. The normalized spacial score (nSPS) is 12.1. The van der Waals surface area contributed by atoms with Crippen LogP contribution in [-0.2, 0) is 52.5 Å². The van der Waals surface area contributed by atoms with Gasteiger partial charge in [0.1, 0.15) is 25.0 Å². The highest BCUT2D eigenvalue weighted by molar-refractivity contribution is 5.84. The Morgan fingerprint density at radius 2 is 0.983 bits per heavy atom. The molecule has 0 rings (SSSR count). The minimum Gasteiger partial charge on any atom is -0.481 e. The molecule has 0 bridgehead atoms. The van der Waals surface area contributed by atoms with Crippen molar-refractivity contribution in [1.82, 2.24) is 16.0 Å². The molecular weight excluding hydrogens is 778 g/mol. The van der Waals surface area contributed by atoms with Crippen molar-refractivity contribution >= 4 is 41.2 Å². The Labute approximate surface area is 358 Å². The molecule has 0 spiro atoms. The van der Waals surface area contributed by atoms with Crippen LogP contribution in [-0.4, -0.2) is 123 Å². The van der Waals surface area contributed by atoms with E-state index in [-0.39, 0.29) is 107 Å². The van der Waals surface area contributed by atoms with Crippen molar-refractivity contribution in [3.8, 4) is 0 Å². The Bertz CT molecular complexity index is 1170. The maximum Gasteiger partial charge on any atom is 0.326 e. The largest absolute Gasteiger partial charge is 0.481 e. The number of ketones is 2. The summed E-state index contributed by atoms with van der Waals surface area (Å²) >= 11 is 0. The molecule has 16 heteroatoms. The molecule has 0 aliphatic heterocycles. The van der Waals surface area contributed by atoms with Crippen LogP contribution in [0, 0.1) is 5.92 Å². The van der Waals surface area contributed by atoms with Crippen LogP contribution in [0.1, 0.15) is 162 Å². The molecule has 5 N–H and O–H groups in total. The van der Waals surface area contributed by atoms with Gasteiger partial charge in [-0.25, -0.2) is 4.79 Å². The molecule has 0 aliphatic carbocycles. The van der Waals surface area contributed by atoms with E-state index in [0.29, 0.717) is 39.0 Å². The summed E-state index contributed by atoms with van der Waals surface area (Å²) in [6.45, 7) is 5.80. The van der Waals surface area contributed by atoms with Gasteiger partial charge < -0.3 is 45.1 Å². The van der Waals surface area contributed by atoms with Crippen LogP contribution in [0.15, 0.2) is 0 Å². The van der Waals surface area contributed by atoms with Gasteiger partial charge in [-0.1, -0.05) is 90.4 Å². The monoisotopic (exact) mass is 858 g/mol. The molecule has 0 saturated carbocycles. The van der Waals surface area contributed by atoms with E-state index in [0.717, 1.165) is 57.8 Å². The highest BCUT2D eigenvalue weighted by atomic mass is 16.5. The zero-order chi connectivity index (χ0) is 44.5. The van der Waals surface area contributed by atoms with Crippen LogP contribution in [0.4, 0.5) is 0 Å². The van der Waals surface area contributed by atoms with E-state index in [1.165, 1.54) is 44.9 Å². The molecule has 0 aromatic rings. The minimum atomic E-state index is -1.18. The Morgan fingerprint density at radius 1 is 0.467 bits per heavy atom. The third-order valence-electron chi connectivity index (χ3n) is 9.97. The van der Waals surface area contributed by atoms with E-state index in [4.69, 9.17) is 24.1 Å². The van der Waals surface area contributed by atoms with E-state index >= 15 is 0 Å². The first-order valence-corrected chi connectivity index (χ1v) is 22.5. The van der Waals surface area contributed by atoms with Crippen molar-refractivity contribution in [3.63, 3.8) is 0 Å². The molecule has 16 nitrogen and oxygen atoms in total. The number of carbonyl (C=O) groups excluding carboxylic acids is 5. The molecule has 0 heterocycles. The van der Waals surface area contributed by atoms with E-state index in [1.807, 2.05) is 6.92 Å². The quantitative estimate of drug-likeness (QED) is 0.0463. The number of hydrogen-bond donors (Lipinski definition) is 5. The van der Waals surface area contributed by atoms with E-state index < -0.39 is 18.0 Å². The SMILES string of the molecule is CC(=O)[C@@H](C)CCCCNC(=O)COCCOCCCC(=O)COCCOCCNC(=O)CC[C@H](NC(=O)CCCCCCCCCCCCCCCCC(=O)O)C(=O)O. The maximum absolute atomic E-state index is 12.3. The number of unbranched alkanes of at least 4 members (excludes halogenated alkanes) is 14. The average Bonchev–Trinajstić information content (AvgIpc) is 3.20. The third-order valence-corrected chi connectivity index (χ3v) is 9.97. The van der Waals surface area contributed by atoms with Crippen molar-refractivity contribution in [2.24, 2.45) is 5.92 Å². The third kappa shape index (κ3) is 40.0. The first kappa shape index (κ1) is 56.5. The highest BCUT2D eigenvalue weighted by Crippen LogP contribution is 2.14. The summed E-state index contributed by atoms with van der Waals surface area (Å²) in [5.41, 5.74) is 0. The van der Waals surface area contributed by atoms with Gasteiger partial charge in [0.25, 0.3) is 0 Å². The van der Waals surface area contributed by atoms with Crippen molar-refractivity contribution in [2.75, 3.05) is 65.9 Å². The topological polar surface area (TPSA) is 233 Å². The predicted molar refractivity (Wildman–Crippen MR) is 228 cm³/mol. The molecule has 0 saturated heterocycles. The number of aliphatic carboxylic acids is 2. The van der Waals surface area contributed by atoms with E-state index in [9.17, 15) is 38.7 Å². The van der Waals surface area contributed by atoms with Crippen molar-refractivity contribution < 1.29 is 62.7 Å². The van der Waals surface area contributed by atoms with Crippen LogP contribution < -0.4 is 16.0 Å². The first-order chi connectivity index (χ1) is 28.9. The average molecular weight is 858 g/mol. The summed E-state index contributed by atoms with van der Waals surface area (Å²) < 4.78 is 21.5. The summed E-state index contributed by atoms with van der Waals surface area (Å²) in [5, 5.41) is 26.2. The number of Topliss-reactive ketones (excluding diaryl/α,β-unsaturated/α-hetero) is 2. The maximum atomic E-state index is 12.3. The fourth-order valence-electron chi connectivity index (χ4n) is 6.13. The van der Waals surface area contributed by atoms with Gasteiger partial charge in [-0.15, -0.1) is 0 Å². The molecule has 0 aromatic carbocycles. The number of nitrogens with one attached hydrogen (secondary N) is 3. The molecule has 2 atom stereocenters. The molecular formula is C44H79N3O13. The number of amides is 3. The fourth-order valence-corrected chi connectivity index (χ4v) is 6.13.